The minimum atomic E-state index is -0.118. The molecule has 19 heavy (non-hydrogen) atoms. The summed E-state index contributed by atoms with van der Waals surface area (Å²) < 4.78 is 5.01. The van der Waals surface area contributed by atoms with Gasteiger partial charge in [0.2, 0.25) is 5.89 Å². The van der Waals surface area contributed by atoms with Crippen molar-refractivity contribution in [1.29, 1.82) is 0 Å². The van der Waals surface area contributed by atoms with Gasteiger partial charge < -0.3 is 14.8 Å². The summed E-state index contributed by atoms with van der Waals surface area (Å²) in [6, 6.07) is 1.46. The molecule has 0 aliphatic heterocycles. The molecular weight excluding hydrogens is 246 g/mol. The highest BCUT2D eigenvalue weighted by Gasteiger charge is 2.26. The van der Waals surface area contributed by atoms with Crippen LogP contribution in [-0.2, 0) is 6.42 Å². The van der Waals surface area contributed by atoms with E-state index in [1.54, 1.807) is 6.92 Å². The van der Waals surface area contributed by atoms with Gasteiger partial charge >= 0.3 is 0 Å². The summed E-state index contributed by atoms with van der Waals surface area (Å²) in [5.74, 6) is 3.01. The third-order valence-electron chi connectivity index (χ3n) is 2.94. The van der Waals surface area contributed by atoms with E-state index < -0.39 is 0 Å². The zero-order valence-electron chi connectivity index (χ0n) is 10.6. The van der Waals surface area contributed by atoms with Crippen LogP contribution >= 0.6 is 0 Å². The van der Waals surface area contributed by atoms with Crippen LogP contribution in [0.25, 0.3) is 0 Å². The standard InChI is InChI=1S/C12H15N5O2/c1-7-14-11(19-17-7)4-5-13-9-6-10(18)16-12(15-9)8-2-3-8/h6,8H,2-5H2,1H3,(H2,13,15,16,18). The number of H-pyrrole nitrogens is 1. The summed E-state index contributed by atoms with van der Waals surface area (Å²) >= 11 is 0. The molecule has 0 atom stereocenters. The Morgan fingerprint density at radius 1 is 1.47 bits per heavy atom. The Bertz CT molecular complexity index is 629. The smallest absolute Gasteiger partial charge is 0.252 e. The molecule has 1 aliphatic rings. The average molecular weight is 261 g/mol. The summed E-state index contributed by atoms with van der Waals surface area (Å²) in [7, 11) is 0. The number of nitrogens with one attached hydrogen (secondary N) is 2. The summed E-state index contributed by atoms with van der Waals surface area (Å²) in [5.41, 5.74) is -0.118. The van der Waals surface area contributed by atoms with Crippen molar-refractivity contribution in [3.63, 3.8) is 0 Å². The van der Waals surface area contributed by atoms with E-state index >= 15 is 0 Å². The molecule has 0 saturated heterocycles. The Balaban J connectivity index is 1.61. The Kier molecular flexibility index (Phi) is 3.02. The van der Waals surface area contributed by atoms with Crippen LogP contribution in [0.3, 0.4) is 0 Å². The van der Waals surface area contributed by atoms with Gasteiger partial charge in [0, 0.05) is 24.9 Å². The third-order valence-corrected chi connectivity index (χ3v) is 2.94. The lowest BCUT2D eigenvalue weighted by Crippen LogP contribution is -2.14. The molecule has 0 unspecified atom stereocenters. The molecule has 3 rings (SSSR count). The van der Waals surface area contributed by atoms with Crippen molar-refractivity contribution in [3.05, 3.63) is 34.0 Å². The summed E-state index contributed by atoms with van der Waals surface area (Å²) in [4.78, 5) is 22.8. The fraction of sp³-hybridized carbons (Fsp3) is 0.500. The van der Waals surface area contributed by atoms with Crippen LogP contribution < -0.4 is 10.9 Å². The molecule has 2 N–H and O–H groups in total. The number of aromatic nitrogens is 4. The van der Waals surface area contributed by atoms with Crippen LogP contribution in [-0.4, -0.2) is 26.7 Å². The molecule has 0 amide bonds. The Morgan fingerprint density at radius 3 is 3.00 bits per heavy atom. The van der Waals surface area contributed by atoms with Gasteiger partial charge in [-0.15, -0.1) is 0 Å². The molecule has 100 valence electrons. The first-order valence-electron chi connectivity index (χ1n) is 6.35. The number of hydrogen-bond donors (Lipinski definition) is 2. The van der Waals surface area contributed by atoms with Crippen LogP contribution in [0.15, 0.2) is 15.4 Å². The van der Waals surface area contributed by atoms with Crippen molar-refractivity contribution in [2.75, 3.05) is 11.9 Å². The Morgan fingerprint density at radius 2 is 2.32 bits per heavy atom. The van der Waals surface area contributed by atoms with Crippen LogP contribution in [0.5, 0.6) is 0 Å². The molecule has 2 aromatic rings. The lowest BCUT2D eigenvalue weighted by atomic mass is 10.3. The number of aromatic amines is 1. The number of nitrogens with zero attached hydrogens (tertiary/aromatic N) is 3. The molecule has 0 spiro atoms. The molecule has 0 bridgehead atoms. The normalized spacial score (nSPS) is 14.6. The van der Waals surface area contributed by atoms with Gasteiger partial charge in [-0.2, -0.15) is 4.98 Å². The number of rotatable bonds is 5. The van der Waals surface area contributed by atoms with E-state index in [1.807, 2.05) is 0 Å². The molecule has 0 aromatic carbocycles. The SMILES string of the molecule is Cc1noc(CCNc2cc(=O)[nH]c(C3CC3)n2)n1. The van der Waals surface area contributed by atoms with E-state index in [1.165, 1.54) is 6.07 Å². The molecule has 1 aliphatic carbocycles. The van der Waals surface area contributed by atoms with Gasteiger partial charge in [0.15, 0.2) is 5.82 Å². The highest BCUT2D eigenvalue weighted by atomic mass is 16.5. The molecule has 7 nitrogen and oxygen atoms in total. The first-order chi connectivity index (χ1) is 9.20. The molecule has 0 radical (unpaired) electrons. The monoisotopic (exact) mass is 261 g/mol. The second kappa shape index (κ2) is 4.83. The quantitative estimate of drug-likeness (QED) is 0.833. The minimum absolute atomic E-state index is 0.118. The van der Waals surface area contributed by atoms with Crippen LogP contribution in [0.4, 0.5) is 5.82 Å². The predicted octanol–water partition coefficient (Wildman–Crippen LogP) is 0.993. The first kappa shape index (κ1) is 11.9. The second-order valence-corrected chi connectivity index (χ2v) is 4.70. The molecule has 1 fully saturated rings. The number of anilines is 1. The first-order valence-corrected chi connectivity index (χ1v) is 6.35. The number of aryl methyl sites for hydroxylation is 1. The van der Waals surface area contributed by atoms with Crippen LogP contribution in [0, 0.1) is 6.92 Å². The summed E-state index contributed by atoms with van der Waals surface area (Å²) in [6.07, 6.45) is 2.81. The topological polar surface area (TPSA) is 96.7 Å². The highest BCUT2D eigenvalue weighted by molar-refractivity contribution is 5.33. The lowest BCUT2D eigenvalue weighted by molar-refractivity contribution is 0.377. The lowest BCUT2D eigenvalue weighted by Gasteiger charge is -2.05. The van der Waals surface area contributed by atoms with Crippen LogP contribution in [0.1, 0.15) is 36.3 Å². The fourth-order valence-corrected chi connectivity index (χ4v) is 1.86. The Hall–Kier alpha value is -2.18. The van der Waals surface area contributed by atoms with Gasteiger partial charge in [0.05, 0.1) is 0 Å². The predicted molar refractivity (Wildman–Crippen MR) is 68.1 cm³/mol. The zero-order chi connectivity index (χ0) is 13.2. The van der Waals surface area contributed by atoms with E-state index in [0.29, 0.717) is 36.4 Å². The second-order valence-electron chi connectivity index (χ2n) is 4.70. The van der Waals surface area contributed by atoms with Crippen molar-refractivity contribution in [1.82, 2.24) is 20.1 Å². The van der Waals surface area contributed by atoms with Crippen molar-refractivity contribution < 1.29 is 4.52 Å². The van der Waals surface area contributed by atoms with E-state index in [9.17, 15) is 4.79 Å². The van der Waals surface area contributed by atoms with Crippen molar-refractivity contribution in [3.8, 4) is 0 Å². The van der Waals surface area contributed by atoms with Gasteiger partial charge in [-0.05, 0) is 19.8 Å². The van der Waals surface area contributed by atoms with Crippen LogP contribution in [0.2, 0.25) is 0 Å². The van der Waals surface area contributed by atoms with E-state index in [4.69, 9.17) is 4.52 Å². The maximum Gasteiger partial charge on any atom is 0.252 e. The van der Waals surface area contributed by atoms with Crippen molar-refractivity contribution in [2.24, 2.45) is 0 Å². The van der Waals surface area contributed by atoms with E-state index in [-0.39, 0.29) is 5.56 Å². The highest BCUT2D eigenvalue weighted by Crippen LogP contribution is 2.37. The minimum Gasteiger partial charge on any atom is -0.369 e. The van der Waals surface area contributed by atoms with Gasteiger partial charge in [-0.3, -0.25) is 4.79 Å². The molecule has 2 aromatic heterocycles. The maximum absolute atomic E-state index is 11.5. The number of hydrogen-bond acceptors (Lipinski definition) is 6. The largest absolute Gasteiger partial charge is 0.369 e. The maximum atomic E-state index is 11.5. The molecule has 1 saturated carbocycles. The Labute approximate surface area is 109 Å². The fourth-order valence-electron chi connectivity index (χ4n) is 1.86. The van der Waals surface area contributed by atoms with Gasteiger partial charge in [-0.1, -0.05) is 5.16 Å². The third kappa shape index (κ3) is 2.98. The average Bonchev–Trinajstić information content (AvgIpc) is 3.13. The van der Waals surface area contributed by atoms with E-state index in [2.05, 4.69) is 25.4 Å². The molecular formula is C12H15N5O2. The van der Waals surface area contributed by atoms with Crippen molar-refractivity contribution >= 4 is 5.82 Å². The molecule has 7 heteroatoms. The van der Waals surface area contributed by atoms with Gasteiger partial charge in [-0.25, -0.2) is 4.98 Å². The zero-order valence-corrected chi connectivity index (χ0v) is 10.6. The van der Waals surface area contributed by atoms with E-state index in [0.717, 1.165) is 18.7 Å². The summed E-state index contributed by atoms with van der Waals surface area (Å²) in [6.45, 7) is 2.38. The summed E-state index contributed by atoms with van der Waals surface area (Å²) in [5, 5.41) is 6.82. The van der Waals surface area contributed by atoms with Gasteiger partial charge in [0.25, 0.3) is 5.56 Å². The molecule has 2 heterocycles. The van der Waals surface area contributed by atoms with Crippen molar-refractivity contribution in [2.45, 2.75) is 32.1 Å². The van der Waals surface area contributed by atoms with Gasteiger partial charge in [0.1, 0.15) is 11.6 Å².